The fraction of sp³-hybridized carbons (Fsp3) is 0.200. The average Bonchev–Trinajstić information content (AvgIpc) is 2.37. The van der Waals surface area contributed by atoms with Gasteiger partial charge in [-0.05, 0) is 26.2 Å². The summed E-state index contributed by atoms with van der Waals surface area (Å²) in [5.41, 5.74) is 13.6. The van der Waals surface area contributed by atoms with Crippen LogP contribution in [0.2, 0.25) is 10.0 Å². The molecule has 0 aliphatic heterocycles. The van der Waals surface area contributed by atoms with Gasteiger partial charge in [0.25, 0.3) is 0 Å². The normalized spacial score (nSPS) is 8.59. The van der Waals surface area contributed by atoms with Gasteiger partial charge in [-0.2, -0.15) is 5.10 Å². The van der Waals surface area contributed by atoms with Crippen LogP contribution in [-0.2, 0) is 0 Å². The van der Waals surface area contributed by atoms with Crippen LogP contribution in [0.3, 0.4) is 0 Å². The zero-order valence-corrected chi connectivity index (χ0v) is 12.0. The first-order valence-corrected chi connectivity index (χ1v) is 5.79. The van der Waals surface area contributed by atoms with Gasteiger partial charge in [-0.25, -0.2) is 0 Å². The summed E-state index contributed by atoms with van der Waals surface area (Å²) >= 11 is 16.1. The Hall–Kier alpha value is -0.720. The Balaban J connectivity index is 0. The Labute approximate surface area is 117 Å². The fourth-order valence-corrected chi connectivity index (χ4v) is 1.26. The molecule has 0 saturated heterocycles. The van der Waals surface area contributed by atoms with Crippen molar-refractivity contribution in [2.75, 3.05) is 14.1 Å². The lowest BCUT2D eigenvalue weighted by Gasteiger charge is -1.97. The summed E-state index contributed by atoms with van der Waals surface area (Å²) in [7, 11) is 3.00. The zero-order chi connectivity index (χ0) is 13.7. The Morgan fingerprint density at radius 1 is 1.24 bits per heavy atom. The van der Waals surface area contributed by atoms with Crippen LogP contribution in [0.4, 0.5) is 0 Å². The van der Waals surface area contributed by atoms with Crippen molar-refractivity contribution in [3.63, 3.8) is 0 Å². The van der Waals surface area contributed by atoms with Crippen LogP contribution in [0, 0.1) is 0 Å². The first-order valence-electron chi connectivity index (χ1n) is 4.57. The smallest absolute Gasteiger partial charge is 0.0829 e. The highest BCUT2D eigenvalue weighted by Crippen LogP contribution is 2.19. The number of hydrogen-bond acceptors (Lipinski definition) is 4. The maximum atomic E-state index is 5.87. The molecule has 0 amide bonds. The van der Waals surface area contributed by atoms with Gasteiger partial charge in [0.1, 0.15) is 0 Å². The third kappa shape index (κ3) is 9.02. The number of nitrogens with one attached hydrogen (secondary N) is 1. The van der Waals surface area contributed by atoms with Crippen LogP contribution in [0.15, 0.2) is 23.3 Å². The standard InChI is InChI=1S/C8H6Cl2N2S.2CH5N/c9-7-2-1-6(8(10)3-7)4-11-12-5-13;2*1-2/h1-5H,(H,12,13);2*2H2,1H3/b11-4+;;. The van der Waals surface area contributed by atoms with E-state index in [1.807, 2.05) is 0 Å². The summed E-state index contributed by atoms with van der Waals surface area (Å²) in [6, 6.07) is 5.17. The number of thiocarbonyl (C=S) groups is 1. The zero-order valence-electron chi connectivity index (χ0n) is 9.65. The van der Waals surface area contributed by atoms with Crippen LogP contribution in [0.5, 0.6) is 0 Å². The molecule has 0 unspecified atom stereocenters. The molecule has 0 aliphatic rings. The first-order chi connectivity index (χ1) is 8.24. The van der Waals surface area contributed by atoms with Crippen molar-refractivity contribution in [3.8, 4) is 0 Å². The summed E-state index contributed by atoms with van der Waals surface area (Å²) < 4.78 is 0. The van der Waals surface area contributed by atoms with Gasteiger partial charge in [0.15, 0.2) is 0 Å². The summed E-state index contributed by atoms with van der Waals surface area (Å²) in [6.07, 6.45) is 1.57. The Bertz CT molecular complexity index is 345. The summed E-state index contributed by atoms with van der Waals surface area (Å²) in [5.74, 6) is 0. The molecule has 96 valence electrons. The minimum atomic E-state index is 0.558. The molecule has 5 N–H and O–H groups in total. The Morgan fingerprint density at radius 2 is 1.82 bits per heavy atom. The van der Waals surface area contributed by atoms with Crippen molar-refractivity contribution >= 4 is 47.1 Å². The quantitative estimate of drug-likeness (QED) is 0.453. The van der Waals surface area contributed by atoms with Crippen molar-refractivity contribution in [1.29, 1.82) is 0 Å². The second-order valence-electron chi connectivity index (χ2n) is 2.17. The van der Waals surface area contributed by atoms with Crippen molar-refractivity contribution < 1.29 is 0 Å². The lowest BCUT2D eigenvalue weighted by atomic mass is 10.2. The first kappa shape index (κ1) is 18.6. The van der Waals surface area contributed by atoms with Gasteiger partial charge in [0, 0.05) is 10.6 Å². The summed E-state index contributed by atoms with van der Waals surface area (Å²) in [4.78, 5) is 0. The fourth-order valence-electron chi connectivity index (χ4n) is 0.743. The molecule has 1 aromatic rings. The maximum absolute atomic E-state index is 5.87. The van der Waals surface area contributed by atoms with E-state index in [0.717, 1.165) is 5.56 Å². The molecule has 0 fully saturated rings. The van der Waals surface area contributed by atoms with Crippen molar-refractivity contribution in [3.05, 3.63) is 33.8 Å². The molecule has 0 heterocycles. The highest BCUT2D eigenvalue weighted by Gasteiger charge is 1.96. The Kier molecular flexibility index (Phi) is 14.6. The lowest BCUT2D eigenvalue weighted by molar-refractivity contribution is 1.08. The van der Waals surface area contributed by atoms with Gasteiger partial charge in [0.2, 0.25) is 0 Å². The average molecular weight is 295 g/mol. The summed E-state index contributed by atoms with van der Waals surface area (Å²) in [5, 5.41) is 4.95. The van der Waals surface area contributed by atoms with Crippen LogP contribution < -0.4 is 16.9 Å². The third-order valence-corrected chi connectivity index (χ3v) is 1.96. The number of nitrogens with two attached hydrogens (primary N) is 2. The van der Waals surface area contributed by atoms with Crippen LogP contribution in [-0.4, -0.2) is 25.8 Å². The molecule has 7 heteroatoms. The van der Waals surface area contributed by atoms with Crippen LogP contribution in [0.25, 0.3) is 0 Å². The van der Waals surface area contributed by atoms with E-state index in [0.29, 0.717) is 10.0 Å². The predicted octanol–water partition coefficient (Wildman–Crippen LogP) is 2.02. The molecule has 0 aliphatic carbocycles. The Morgan fingerprint density at radius 3 is 2.29 bits per heavy atom. The van der Waals surface area contributed by atoms with E-state index in [1.165, 1.54) is 19.6 Å². The van der Waals surface area contributed by atoms with E-state index in [9.17, 15) is 0 Å². The molecule has 0 saturated carbocycles. The molecular formula is C10H16Cl2N4S. The lowest BCUT2D eigenvalue weighted by Crippen LogP contribution is -1.99. The maximum Gasteiger partial charge on any atom is 0.0829 e. The minimum Gasteiger partial charge on any atom is -0.333 e. The SMILES string of the molecule is CN.CN.S=CN/N=C/c1ccc(Cl)cc1Cl. The van der Waals surface area contributed by atoms with Gasteiger partial charge >= 0.3 is 0 Å². The molecule has 17 heavy (non-hydrogen) atoms. The second kappa shape index (κ2) is 13.3. The molecular weight excluding hydrogens is 279 g/mol. The molecule has 1 rings (SSSR count). The van der Waals surface area contributed by atoms with E-state index in [4.69, 9.17) is 23.2 Å². The number of hydrazone groups is 1. The molecule has 1 aromatic carbocycles. The highest BCUT2D eigenvalue weighted by atomic mass is 35.5. The van der Waals surface area contributed by atoms with Gasteiger partial charge in [-0.15, -0.1) is 0 Å². The van der Waals surface area contributed by atoms with E-state index < -0.39 is 0 Å². The molecule has 0 aromatic heterocycles. The van der Waals surface area contributed by atoms with Gasteiger partial charge in [0.05, 0.1) is 16.7 Å². The molecule has 0 atom stereocenters. The summed E-state index contributed by atoms with van der Waals surface area (Å²) in [6.45, 7) is 0. The number of benzene rings is 1. The third-order valence-electron chi connectivity index (χ3n) is 1.29. The number of halogens is 2. The molecule has 0 radical (unpaired) electrons. The number of rotatable bonds is 3. The van der Waals surface area contributed by atoms with E-state index >= 15 is 0 Å². The van der Waals surface area contributed by atoms with Gasteiger partial charge < -0.3 is 11.5 Å². The van der Waals surface area contributed by atoms with E-state index in [2.05, 4.69) is 34.2 Å². The topological polar surface area (TPSA) is 76.4 Å². The van der Waals surface area contributed by atoms with Crippen LogP contribution in [0.1, 0.15) is 5.56 Å². The van der Waals surface area contributed by atoms with Crippen molar-refractivity contribution in [2.24, 2.45) is 16.6 Å². The molecule has 0 bridgehead atoms. The van der Waals surface area contributed by atoms with E-state index in [1.54, 1.807) is 24.4 Å². The van der Waals surface area contributed by atoms with Crippen molar-refractivity contribution in [1.82, 2.24) is 5.43 Å². The number of hydrogen-bond donors (Lipinski definition) is 3. The number of nitrogens with zero attached hydrogens (tertiary/aromatic N) is 1. The minimum absolute atomic E-state index is 0.558. The molecule has 4 nitrogen and oxygen atoms in total. The largest absolute Gasteiger partial charge is 0.333 e. The van der Waals surface area contributed by atoms with Gasteiger partial charge in [-0.1, -0.05) is 41.5 Å². The van der Waals surface area contributed by atoms with E-state index in [-0.39, 0.29) is 0 Å². The second-order valence-corrected chi connectivity index (χ2v) is 3.25. The monoisotopic (exact) mass is 294 g/mol. The van der Waals surface area contributed by atoms with Gasteiger partial charge in [-0.3, -0.25) is 5.43 Å². The van der Waals surface area contributed by atoms with Crippen LogP contribution >= 0.6 is 35.4 Å². The highest BCUT2D eigenvalue weighted by molar-refractivity contribution is 7.78. The predicted molar refractivity (Wildman–Crippen MR) is 81.1 cm³/mol. The van der Waals surface area contributed by atoms with Crippen molar-refractivity contribution in [2.45, 2.75) is 0 Å². The molecule has 0 spiro atoms.